The molecule has 4 heteroatoms. The first-order chi connectivity index (χ1) is 7.88. The molecule has 0 spiro atoms. The van der Waals surface area contributed by atoms with Crippen LogP contribution in [0.3, 0.4) is 0 Å². The lowest BCUT2D eigenvalue weighted by molar-refractivity contribution is 0.461. The Labute approximate surface area is 103 Å². The van der Waals surface area contributed by atoms with E-state index in [1.807, 2.05) is 0 Å². The van der Waals surface area contributed by atoms with Crippen LogP contribution < -0.4 is 5.32 Å². The highest BCUT2D eigenvalue weighted by Crippen LogP contribution is 2.19. The third-order valence-corrected chi connectivity index (χ3v) is 3.24. The van der Waals surface area contributed by atoms with E-state index in [1.54, 1.807) is 0 Å². The van der Waals surface area contributed by atoms with Gasteiger partial charge in [0, 0.05) is 5.38 Å². The van der Waals surface area contributed by atoms with Gasteiger partial charge >= 0.3 is 0 Å². The van der Waals surface area contributed by atoms with Gasteiger partial charge in [0.15, 0.2) is 0 Å². The number of nitrogens with zero attached hydrogens (tertiary/aromatic N) is 2. The Bertz CT molecular complexity index is 249. The summed E-state index contributed by atoms with van der Waals surface area (Å²) >= 11 is 1.44. The number of nitrogens with one attached hydrogen (secondary N) is 1. The van der Waals surface area contributed by atoms with Crippen LogP contribution in [-0.2, 0) is 0 Å². The van der Waals surface area contributed by atoms with Crippen LogP contribution in [0.1, 0.15) is 64.1 Å². The van der Waals surface area contributed by atoms with E-state index in [4.69, 9.17) is 0 Å². The van der Waals surface area contributed by atoms with Gasteiger partial charge in [-0.15, -0.1) is 5.10 Å². The van der Waals surface area contributed by atoms with E-state index in [0.29, 0.717) is 6.04 Å². The molecule has 1 aromatic rings. The minimum Gasteiger partial charge on any atom is -0.309 e. The average Bonchev–Trinajstić information content (AvgIpc) is 2.82. The van der Waals surface area contributed by atoms with Gasteiger partial charge in [-0.05, 0) is 30.9 Å². The predicted molar refractivity (Wildman–Crippen MR) is 69.7 cm³/mol. The van der Waals surface area contributed by atoms with E-state index in [9.17, 15) is 0 Å². The standard InChI is InChI=1S/C12H23N3S/c1-3-5-6-7-8-11(13-9-4-2)12-10-16-15-14-12/h10-11,13H,3-9H2,1-2H3. The van der Waals surface area contributed by atoms with Crippen LogP contribution >= 0.6 is 11.5 Å². The van der Waals surface area contributed by atoms with E-state index < -0.39 is 0 Å². The van der Waals surface area contributed by atoms with Crippen molar-refractivity contribution in [3.63, 3.8) is 0 Å². The van der Waals surface area contributed by atoms with Crippen molar-refractivity contribution >= 4 is 11.5 Å². The van der Waals surface area contributed by atoms with Crippen molar-refractivity contribution in [2.24, 2.45) is 0 Å². The van der Waals surface area contributed by atoms with Crippen molar-refractivity contribution in [2.45, 2.75) is 58.4 Å². The van der Waals surface area contributed by atoms with Crippen LogP contribution in [0.25, 0.3) is 0 Å². The van der Waals surface area contributed by atoms with E-state index in [2.05, 4.69) is 34.1 Å². The van der Waals surface area contributed by atoms with Crippen molar-refractivity contribution in [1.82, 2.24) is 14.9 Å². The molecule has 0 aromatic carbocycles. The molecule has 0 amide bonds. The van der Waals surface area contributed by atoms with Gasteiger partial charge in [-0.1, -0.05) is 44.0 Å². The lowest BCUT2D eigenvalue weighted by atomic mass is 10.1. The maximum absolute atomic E-state index is 4.17. The fraction of sp³-hybridized carbons (Fsp3) is 0.833. The maximum atomic E-state index is 4.17. The predicted octanol–water partition coefficient (Wildman–Crippen LogP) is 3.55. The average molecular weight is 241 g/mol. The number of rotatable bonds is 9. The molecule has 0 saturated heterocycles. The normalized spacial score (nSPS) is 12.9. The van der Waals surface area contributed by atoms with Gasteiger partial charge in [0.2, 0.25) is 0 Å². The molecule has 0 aliphatic rings. The van der Waals surface area contributed by atoms with Crippen molar-refractivity contribution in [3.05, 3.63) is 11.1 Å². The monoisotopic (exact) mass is 241 g/mol. The summed E-state index contributed by atoms with van der Waals surface area (Å²) in [5, 5.41) is 9.79. The molecule has 16 heavy (non-hydrogen) atoms. The third-order valence-electron chi connectivity index (χ3n) is 2.72. The largest absolute Gasteiger partial charge is 0.309 e. The highest BCUT2D eigenvalue weighted by atomic mass is 32.1. The summed E-state index contributed by atoms with van der Waals surface area (Å²) in [4.78, 5) is 0. The Hall–Kier alpha value is -0.480. The summed E-state index contributed by atoms with van der Waals surface area (Å²) in [7, 11) is 0. The summed E-state index contributed by atoms with van der Waals surface area (Å²) in [6, 6.07) is 0.413. The zero-order chi connectivity index (χ0) is 11.6. The molecule has 1 rings (SSSR count). The molecule has 1 N–H and O–H groups in total. The molecule has 0 saturated carbocycles. The second-order valence-corrected chi connectivity index (χ2v) is 4.80. The zero-order valence-corrected chi connectivity index (χ0v) is 11.2. The Morgan fingerprint density at radius 1 is 1.25 bits per heavy atom. The van der Waals surface area contributed by atoms with Crippen LogP contribution in [0.15, 0.2) is 5.38 Å². The molecule has 1 unspecified atom stereocenters. The van der Waals surface area contributed by atoms with Crippen LogP contribution in [0, 0.1) is 0 Å². The molecule has 0 aliphatic carbocycles. The summed E-state index contributed by atoms with van der Waals surface area (Å²) in [6.45, 7) is 5.51. The van der Waals surface area contributed by atoms with Crippen molar-refractivity contribution in [1.29, 1.82) is 0 Å². The molecule has 0 bridgehead atoms. The fourth-order valence-corrected chi connectivity index (χ4v) is 2.28. The minimum absolute atomic E-state index is 0.413. The van der Waals surface area contributed by atoms with Crippen molar-refractivity contribution in [3.8, 4) is 0 Å². The van der Waals surface area contributed by atoms with E-state index >= 15 is 0 Å². The van der Waals surface area contributed by atoms with Crippen LogP contribution in [0.5, 0.6) is 0 Å². The van der Waals surface area contributed by atoms with Gasteiger partial charge in [0.25, 0.3) is 0 Å². The zero-order valence-electron chi connectivity index (χ0n) is 10.4. The topological polar surface area (TPSA) is 37.8 Å². The molecular weight excluding hydrogens is 218 g/mol. The third kappa shape index (κ3) is 5.03. The Kier molecular flexibility index (Phi) is 7.34. The smallest absolute Gasteiger partial charge is 0.0924 e. The van der Waals surface area contributed by atoms with E-state index in [0.717, 1.165) is 12.2 Å². The van der Waals surface area contributed by atoms with E-state index in [-0.39, 0.29) is 0 Å². The minimum atomic E-state index is 0.413. The fourth-order valence-electron chi connectivity index (χ4n) is 1.77. The van der Waals surface area contributed by atoms with Gasteiger partial charge in [0.1, 0.15) is 0 Å². The Morgan fingerprint density at radius 2 is 2.12 bits per heavy atom. The first-order valence-corrected chi connectivity index (χ1v) is 7.22. The van der Waals surface area contributed by atoms with Gasteiger partial charge in [0.05, 0.1) is 11.7 Å². The molecule has 1 heterocycles. The quantitative estimate of drug-likeness (QED) is 0.672. The van der Waals surface area contributed by atoms with Crippen molar-refractivity contribution in [2.75, 3.05) is 6.54 Å². The van der Waals surface area contributed by atoms with Crippen LogP contribution in [0.2, 0.25) is 0 Å². The molecule has 1 aromatic heterocycles. The molecule has 1 atom stereocenters. The highest BCUT2D eigenvalue weighted by Gasteiger charge is 2.12. The number of aromatic nitrogens is 2. The van der Waals surface area contributed by atoms with Gasteiger partial charge in [-0.3, -0.25) is 0 Å². The number of hydrogen-bond donors (Lipinski definition) is 1. The van der Waals surface area contributed by atoms with Crippen LogP contribution in [-0.4, -0.2) is 16.1 Å². The highest BCUT2D eigenvalue weighted by molar-refractivity contribution is 7.03. The van der Waals surface area contributed by atoms with E-state index in [1.165, 1.54) is 50.1 Å². The lowest BCUT2D eigenvalue weighted by Gasteiger charge is -2.15. The second kappa shape index (κ2) is 8.65. The first kappa shape index (κ1) is 13.6. The van der Waals surface area contributed by atoms with Gasteiger partial charge in [-0.25, -0.2) is 0 Å². The van der Waals surface area contributed by atoms with Crippen molar-refractivity contribution < 1.29 is 0 Å². The summed E-state index contributed by atoms with van der Waals surface area (Å²) in [5.41, 5.74) is 1.12. The van der Waals surface area contributed by atoms with Crippen LogP contribution in [0.4, 0.5) is 0 Å². The summed E-state index contributed by atoms with van der Waals surface area (Å²) in [5.74, 6) is 0. The molecule has 3 nitrogen and oxygen atoms in total. The first-order valence-electron chi connectivity index (χ1n) is 6.38. The second-order valence-electron chi connectivity index (χ2n) is 4.19. The Morgan fingerprint density at radius 3 is 2.75 bits per heavy atom. The summed E-state index contributed by atoms with van der Waals surface area (Å²) < 4.78 is 3.95. The van der Waals surface area contributed by atoms with Gasteiger partial charge < -0.3 is 5.32 Å². The number of unbranched alkanes of at least 4 members (excludes halogenated alkanes) is 3. The molecule has 92 valence electrons. The number of hydrogen-bond acceptors (Lipinski definition) is 4. The molecule has 0 aliphatic heterocycles. The molecule has 0 fully saturated rings. The molecular formula is C12H23N3S. The summed E-state index contributed by atoms with van der Waals surface area (Å²) in [6.07, 6.45) is 7.61. The lowest BCUT2D eigenvalue weighted by Crippen LogP contribution is -2.22. The van der Waals surface area contributed by atoms with Gasteiger partial charge in [-0.2, -0.15) is 0 Å². The SMILES string of the molecule is CCCCCCC(NCCC)c1csnn1. The molecule has 0 radical (unpaired) electrons. The Balaban J connectivity index is 2.32. The maximum Gasteiger partial charge on any atom is 0.0924 e.